The van der Waals surface area contributed by atoms with Crippen molar-refractivity contribution in [2.75, 3.05) is 6.61 Å². The molecule has 0 aliphatic carbocycles. The number of hydrogen-bond donors (Lipinski definition) is 2. The second-order valence-corrected chi connectivity index (χ2v) is 5.40. The first kappa shape index (κ1) is 13.7. The number of aromatic nitrogens is 2. The number of aliphatic hydroxyl groups is 1. The Balaban J connectivity index is 2.43. The zero-order valence-corrected chi connectivity index (χ0v) is 11.6. The van der Waals surface area contributed by atoms with Gasteiger partial charge in [0.15, 0.2) is 0 Å². The molecule has 92 valence electrons. The van der Waals surface area contributed by atoms with Gasteiger partial charge in [0.2, 0.25) is 0 Å². The monoisotopic (exact) mass is 289 g/mol. The standard InChI is InChI=1S/C11H20BrN3O/c1-8(2)11(7-16)14-9(3)5-15-6-10(12)4-13-15/h4,6,8-9,11,14,16H,5,7H2,1-3H3/t9?,11-/m1/s1. The van der Waals surface area contributed by atoms with Crippen LogP contribution in [-0.2, 0) is 6.54 Å². The largest absolute Gasteiger partial charge is 0.395 e. The van der Waals surface area contributed by atoms with Crippen LogP contribution in [0.3, 0.4) is 0 Å². The van der Waals surface area contributed by atoms with E-state index in [2.05, 4.69) is 47.1 Å². The number of nitrogens with one attached hydrogen (secondary N) is 1. The Morgan fingerprint density at radius 3 is 2.62 bits per heavy atom. The Bertz CT molecular complexity index is 314. The molecule has 0 spiro atoms. The van der Waals surface area contributed by atoms with Crippen molar-refractivity contribution in [2.45, 2.75) is 39.4 Å². The van der Waals surface area contributed by atoms with E-state index in [0.717, 1.165) is 11.0 Å². The van der Waals surface area contributed by atoms with Gasteiger partial charge in [0, 0.05) is 18.3 Å². The zero-order chi connectivity index (χ0) is 12.1. The number of aliphatic hydroxyl groups excluding tert-OH is 1. The van der Waals surface area contributed by atoms with Gasteiger partial charge in [-0.05, 0) is 28.8 Å². The van der Waals surface area contributed by atoms with Gasteiger partial charge in [-0.3, -0.25) is 4.68 Å². The second kappa shape index (κ2) is 6.37. The lowest BCUT2D eigenvalue weighted by Crippen LogP contribution is -2.44. The highest BCUT2D eigenvalue weighted by molar-refractivity contribution is 9.10. The second-order valence-electron chi connectivity index (χ2n) is 4.48. The molecule has 0 saturated heterocycles. The quantitative estimate of drug-likeness (QED) is 0.837. The van der Waals surface area contributed by atoms with Gasteiger partial charge in [0.25, 0.3) is 0 Å². The summed E-state index contributed by atoms with van der Waals surface area (Å²) >= 11 is 3.37. The van der Waals surface area contributed by atoms with E-state index >= 15 is 0 Å². The van der Waals surface area contributed by atoms with Crippen molar-refractivity contribution in [2.24, 2.45) is 5.92 Å². The van der Waals surface area contributed by atoms with Crippen LogP contribution in [0.5, 0.6) is 0 Å². The van der Waals surface area contributed by atoms with Crippen LogP contribution < -0.4 is 5.32 Å². The van der Waals surface area contributed by atoms with E-state index in [1.54, 1.807) is 6.20 Å². The van der Waals surface area contributed by atoms with E-state index < -0.39 is 0 Å². The van der Waals surface area contributed by atoms with Gasteiger partial charge in [0.05, 0.1) is 23.8 Å². The maximum atomic E-state index is 9.22. The van der Waals surface area contributed by atoms with Crippen LogP contribution in [0.25, 0.3) is 0 Å². The predicted octanol–water partition coefficient (Wildman–Crippen LogP) is 1.64. The van der Waals surface area contributed by atoms with E-state index in [4.69, 9.17) is 0 Å². The fourth-order valence-electron chi connectivity index (χ4n) is 1.59. The van der Waals surface area contributed by atoms with Gasteiger partial charge >= 0.3 is 0 Å². The molecule has 0 fully saturated rings. The van der Waals surface area contributed by atoms with Gasteiger partial charge in [-0.15, -0.1) is 0 Å². The summed E-state index contributed by atoms with van der Waals surface area (Å²) < 4.78 is 2.87. The number of halogens is 1. The fourth-order valence-corrected chi connectivity index (χ4v) is 1.92. The molecule has 1 rings (SSSR count). The fraction of sp³-hybridized carbons (Fsp3) is 0.727. The van der Waals surface area contributed by atoms with E-state index in [1.165, 1.54) is 0 Å². The van der Waals surface area contributed by atoms with E-state index in [9.17, 15) is 5.11 Å². The first-order chi connectivity index (χ1) is 7.52. The lowest BCUT2D eigenvalue weighted by molar-refractivity contribution is 0.196. The van der Waals surface area contributed by atoms with Crippen LogP contribution in [0.2, 0.25) is 0 Å². The average Bonchev–Trinajstić information content (AvgIpc) is 2.60. The smallest absolute Gasteiger partial charge is 0.0632 e. The Labute approximate surface area is 105 Å². The van der Waals surface area contributed by atoms with Gasteiger partial charge < -0.3 is 10.4 Å². The molecule has 0 bridgehead atoms. The molecule has 1 aromatic rings. The Morgan fingerprint density at radius 2 is 2.19 bits per heavy atom. The summed E-state index contributed by atoms with van der Waals surface area (Å²) in [5.74, 6) is 0.428. The average molecular weight is 290 g/mol. The van der Waals surface area contributed by atoms with Crippen molar-refractivity contribution < 1.29 is 5.11 Å². The van der Waals surface area contributed by atoms with Crippen molar-refractivity contribution in [3.63, 3.8) is 0 Å². The molecule has 0 aromatic carbocycles. The molecule has 1 aromatic heterocycles. The summed E-state index contributed by atoms with van der Waals surface area (Å²) in [6.07, 6.45) is 3.72. The van der Waals surface area contributed by atoms with Crippen LogP contribution in [0.15, 0.2) is 16.9 Å². The van der Waals surface area contributed by atoms with Crippen LogP contribution in [-0.4, -0.2) is 33.6 Å². The Morgan fingerprint density at radius 1 is 1.50 bits per heavy atom. The van der Waals surface area contributed by atoms with Gasteiger partial charge in [0.1, 0.15) is 0 Å². The van der Waals surface area contributed by atoms with Crippen molar-refractivity contribution in [1.82, 2.24) is 15.1 Å². The lowest BCUT2D eigenvalue weighted by atomic mass is 10.0. The third-order valence-electron chi connectivity index (χ3n) is 2.56. The molecule has 1 unspecified atom stereocenters. The highest BCUT2D eigenvalue weighted by atomic mass is 79.9. The molecule has 2 atom stereocenters. The van der Waals surface area contributed by atoms with Crippen LogP contribution in [0, 0.1) is 5.92 Å². The third-order valence-corrected chi connectivity index (χ3v) is 2.97. The SMILES string of the molecule is CC(Cn1cc(Br)cn1)N[C@H](CO)C(C)C. The summed E-state index contributed by atoms with van der Waals surface area (Å²) in [7, 11) is 0. The van der Waals surface area contributed by atoms with Crippen molar-refractivity contribution >= 4 is 15.9 Å². The van der Waals surface area contributed by atoms with Crippen molar-refractivity contribution in [1.29, 1.82) is 0 Å². The van der Waals surface area contributed by atoms with E-state index in [1.807, 2.05) is 10.9 Å². The zero-order valence-electron chi connectivity index (χ0n) is 10.0. The molecule has 0 radical (unpaired) electrons. The first-order valence-electron chi connectivity index (χ1n) is 5.57. The Kier molecular flexibility index (Phi) is 5.44. The van der Waals surface area contributed by atoms with Crippen LogP contribution in [0.1, 0.15) is 20.8 Å². The van der Waals surface area contributed by atoms with Gasteiger partial charge in [-0.25, -0.2) is 0 Å². The molecule has 0 aliphatic heterocycles. The van der Waals surface area contributed by atoms with Crippen molar-refractivity contribution in [3.05, 3.63) is 16.9 Å². The highest BCUT2D eigenvalue weighted by Gasteiger charge is 2.15. The molecule has 4 nitrogen and oxygen atoms in total. The highest BCUT2D eigenvalue weighted by Crippen LogP contribution is 2.07. The van der Waals surface area contributed by atoms with Crippen LogP contribution in [0.4, 0.5) is 0 Å². The Hall–Kier alpha value is -0.390. The van der Waals surface area contributed by atoms with Crippen molar-refractivity contribution in [3.8, 4) is 0 Å². The molecule has 16 heavy (non-hydrogen) atoms. The molecule has 0 amide bonds. The topological polar surface area (TPSA) is 50.1 Å². The van der Waals surface area contributed by atoms with Gasteiger partial charge in [-0.1, -0.05) is 13.8 Å². The predicted molar refractivity (Wildman–Crippen MR) is 68.2 cm³/mol. The molecular formula is C11H20BrN3O. The van der Waals surface area contributed by atoms with E-state index in [0.29, 0.717) is 5.92 Å². The van der Waals surface area contributed by atoms with Crippen LogP contribution >= 0.6 is 15.9 Å². The molecule has 2 N–H and O–H groups in total. The summed E-state index contributed by atoms with van der Waals surface area (Å²) in [6, 6.07) is 0.431. The maximum Gasteiger partial charge on any atom is 0.0632 e. The third kappa shape index (κ3) is 4.23. The minimum Gasteiger partial charge on any atom is -0.395 e. The van der Waals surface area contributed by atoms with E-state index in [-0.39, 0.29) is 18.7 Å². The minimum absolute atomic E-state index is 0.147. The molecule has 1 heterocycles. The molecule has 0 saturated carbocycles. The summed E-state index contributed by atoms with van der Waals surface area (Å²) in [4.78, 5) is 0. The summed E-state index contributed by atoms with van der Waals surface area (Å²) in [5.41, 5.74) is 0. The number of rotatable bonds is 6. The normalized spacial score (nSPS) is 15.4. The molecule has 0 aliphatic rings. The first-order valence-corrected chi connectivity index (χ1v) is 6.37. The number of nitrogens with zero attached hydrogens (tertiary/aromatic N) is 2. The lowest BCUT2D eigenvalue weighted by Gasteiger charge is -2.24. The number of hydrogen-bond acceptors (Lipinski definition) is 3. The van der Waals surface area contributed by atoms with Gasteiger partial charge in [-0.2, -0.15) is 5.10 Å². The molecular weight excluding hydrogens is 270 g/mol. The summed E-state index contributed by atoms with van der Waals surface area (Å²) in [5, 5.41) is 16.8. The maximum absolute atomic E-state index is 9.22. The molecule has 5 heteroatoms. The minimum atomic E-state index is 0.147. The summed E-state index contributed by atoms with van der Waals surface area (Å²) in [6.45, 7) is 7.27.